The molecule has 0 bridgehead atoms. The van der Waals surface area contributed by atoms with Crippen molar-refractivity contribution in [3.8, 4) is 0 Å². The predicted octanol–water partition coefficient (Wildman–Crippen LogP) is 3.54. The first-order valence-corrected chi connectivity index (χ1v) is 10.5. The minimum absolute atomic E-state index is 0.00944. The van der Waals surface area contributed by atoms with Gasteiger partial charge in [0.2, 0.25) is 11.8 Å². The fourth-order valence-corrected chi connectivity index (χ4v) is 4.47. The number of fused-ring (bicyclic) bond motifs is 1. The molecule has 4 rings (SSSR count). The van der Waals surface area contributed by atoms with Crippen LogP contribution in [-0.2, 0) is 16.0 Å². The van der Waals surface area contributed by atoms with E-state index in [9.17, 15) is 9.59 Å². The summed E-state index contributed by atoms with van der Waals surface area (Å²) in [6.07, 6.45) is 2.57. The standard InChI is InChI=1S/C24H29N3O2/c1-17-7-8-21(18(2)15-17)25-23(28)16-26-12-9-20(10-13-26)24(29)27-14-11-19-5-3-4-6-22(19)27/h3-8,15,20H,9-14,16H2,1-2H3,(H,25,28). The number of nitrogens with zero attached hydrogens (tertiary/aromatic N) is 2. The molecule has 2 aliphatic rings. The maximum Gasteiger partial charge on any atom is 0.238 e. The summed E-state index contributed by atoms with van der Waals surface area (Å²) in [4.78, 5) is 29.6. The van der Waals surface area contributed by atoms with Crippen molar-refractivity contribution in [1.29, 1.82) is 0 Å². The molecule has 2 heterocycles. The largest absolute Gasteiger partial charge is 0.325 e. The highest BCUT2D eigenvalue weighted by atomic mass is 16.2. The first-order chi connectivity index (χ1) is 14.0. The van der Waals surface area contributed by atoms with Crippen molar-refractivity contribution >= 4 is 23.2 Å². The van der Waals surface area contributed by atoms with Gasteiger partial charge in [0, 0.05) is 23.8 Å². The number of hydrogen-bond acceptors (Lipinski definition) is 3. The maximum atomic E-state index is 13.0. The second-order valence-electron chi connectivity index (χ2n) is 8.29. The van der Waals surface area contributed by atoms with Crippen LogP contribution in [0.4, 0.5) is 11.4 Å². The van der Waals surface area contributed by atoms with Crippen LogP contribution in [0.3, 0.4) is 0 Å². The van der Waals surface area contributed by atoms with Gasteiger partial charge in [-0.05, 0) is 69.5 Å². The van der Waals surface area contributed by atoms with Crippen LogP contribution in [0.25, 0.3) is 0 Å². The molecule has 2 amide bonds. The molecule has 2 aliphatic heterocycles. The van der Waals surface area contributed by atoms with Crippen molar-refractivity contribution in [2.75, 3.05) is 36.4 Å². The number of carbonyl (C=O) groups excluding carboxylic acids is 2. The number of anilines is 2. The van der Waals surface area contributed by atoms with E-state index in [4.69, 9.17) is 0 Å². The Balaban J connectivity index is 1.28. The van der Waals surface area contributed by atoms with Gasteiger partial charge in [-0.1, -0.05) is 35.9 Å². The summed E-state index contributed by atoms with van der Waals surface area (Å²) >= 11 is 0. The molecule has 0 unspecified atom stereocenters. The van der Waals surface area contributed by atoms with Gasteiger partial charge in [0.15, 0.2) is 0 Å². The third-order valence-electron chi connectivity index (χ3n) is 6.11. The van der Waals surface area contributed by atoms with E-state index in [0.717, 1.165) is 55.8 Å². The molecule has 1 saturated heterocycles. The van der Waals surface area contributed by atoms with E-state index in [1.54, 1.807) is 0 Å². The zero-order chi connectivity index (χ0) is 20.4. The van der Waals surface area contributed by atoms with Crippen LogP contribution in [0.5, 0.6) is 0 Å². The molecule has 1 fully saturated rings. The van der Waals surface area contributed by atoms with Gasteiger partial charge >= 0.3 is 0 Å². The van der Waals surface area contributed by atoms with Crippen LogP contribution in [0, 0.1) is 19.8 Å². The van der Waals surface area contributed by atoms with Crippen molar-refractivity contribution in [3.05, 3.63) is 59.2 Å². The fraction of sp³-hybridized carbons (Fsp3) is 0.417. The van der Waals surface area contributed by atoms with E-state index < -0.39 is 0 Å². The van der Waals surface area contributed by atoms with Crippen LogP contribution < -0.4 is 10.2 Å². The lowest BCUT2D eigenvalue weighted by Crippen LogP contribution is -2.44. The minimum Gasteiger partial charge on any atom is -0.325 e. The van der Waals surface area contributed by atoms with E-state index in [-0.39, 0.29) is 17.7 Å². The van der Waals surface area contributed by atoms with Gasteiger partial charge in [0.05, 0.1) is 6.54 Å². The van der Waals surface area contributed by atoms with E-state index in [1.807, 2.05) is 49.1 Å². The number of para-hydroxylation sites is 1. The third-order valence-corrected chi connectivity index (χ3v) is 6.11. The van der Waals surface area contributed by atoms with Gasteiger partial charge in [-0.15, -0.1) is 0 Å². The molecular weight excluding hydrogens is 362 g/mol. The second-order valence-corrected chi connectivity index (χ2v) is 8.29. The zero-order valence-electron chi connectivity index (χ0n) is 17.3. The second kappa shape index (κ2) is 8.37. The molecule has 0 saturated carbocycles. The van der Waals surface area contributed by atoms with Gasteiger partial charge in [0.25, 0.3) is 0 Å². The number of rotatable bonds is 4. The van der Waals surface area contributed by atoms with Crippen molar-refractivity contribution in [3.63, 3.8) is 0 Å². The van der Waals surface area contributed by atoms with Crippen molar-refractivity contribution in [1.82, 2.24) is 4.90 Å². The molecule has 0 aromatic heterocycles. The summed E-state index contributed by atoms with van der Waals surface area (Å²) in [5, 5.41) is 3.02. The summed E-state index contributed by atoms with van der Waals surface area (Å²) in [5.41, 5.74) is 5.48. The Morgan fingerprint density at radius 1 is 1.03 bits per heavy atom. The number of nitrogens with one attached hydrogen (secondary N) is 1. The lowest BCUT2D eigenvalue weighted by atomic mass is 9.95. The summed E-state index contributed by atoms with van der Waals surface area (Å²) in [5.74, 6) is 0.310. The van der Waals surface area contributed by atoms with Gasteiger partial charge in [-0.25, -0.2) is 0 Å². The maximum absolute atomic E-state index is 13.0. The molecule has 0 spiro atoms. The van der Waals surface area contributed by atoms with Gasteiger partial charge in [0.1, 0.15) is 0 Å². The third kappa shape index (κ3) is 4.35. The zero-order valence-corrected chi connectivity index (χ0v) is 17.3. The molecule has 1 N–H and O–H groups in total. The SMILES string of the molecule is Cc1ccc(NC(=O)CN2CCC(C(=O)N3CCc4ccccc43)CC2)c(C)c1. The molecule has 0 atom stereocenters. The Morgan fingerprint density at radius 3 is 2.55 bits per heavy atom. The lowest BCUT2D eigenvalue weighted by molar-refractivity contribution is -0.124. The average Bonchev–Trinajstić information content (AvgIpc) is 3.14. The monoisotopic (exact) mass is 391 g/mol. The Bertz CT molecular complexity index is 916. The highest BCUT2D eigenvalue weighted by Gasteiger charge is 2.32. The fourth-order valence-electron chi connectivity index (χ4n) is 4.47. The number of amides is 2. The van der Waals surface area contributed by atoms with Crippen LogP contribution >= 0.6 is 0 Å². The molecule has 152 valence electrons. The smallest absolute Gasteiger partial charge is 0.238 e. The first-order valence-electron chi connectivity index (χ1n) is 10.5. The van der Waals surface area contributed by atoms with Crippen molar-refractivity contribution in [2.24, 2.45) is 5.92 Å². The first kappa shape index (κ1) is 19.6. The minimum atomic E-state index is 0.00944. The molecule has 2 aromatic rings. The quantitative estimate of drug-likeness (QED) is 0.867. The van der Waals surface area contributed by atoms with E-state index in [2.05, 4.69) is 22.3 Å². The average molecular weight is 392 g/mol. The normalized spacial score (nSPS) is 17.2. The number of carbonyl (C=O) groups is 2. The molecule has 2 aromatic carbocycles. The van der Waals surface area contributed by atoms with Gasteiger partial charge in [-0.3, -0.25) is 14.5 Å². The Morgan fingerprint density at radius 2 is 1.79 bits per heavy atom. The van der Waals surface area contributed by atoms with Gasteiger partial charge < -0.3 is 10.2 Å². The number of piperidine rings is 1. The summed E-state index contributed by atoms with van der Waals surface area (Å²) in [6, 6.07) is 14.2. The summed E-state index contributed by atoms with van der Waals surface area (Å²) in [7, 11) is 0. The lowest BCUT2D eigenvalue weighted by Gasteiger charge is -2.33. The van der Waals surface area contributed by atoms with Crippen LogP contribution in [-0.4, -0.2) is 42.9 Å². The molecular formula is C24H29N3O2. The number of aryl methyl sites for hydroxylation is 2. The predicted molar refractivity (Wildman–Crippen MR) is 116 cm³/mol. The van der Waals surface area contributed by atoms with Crippen molar-refractivity contribution in [2.45, 2.75) is 33.1 Å². The molecule has 5 heteroatoms. The molecule has 0 aliphatic carbocycles. The van der Waals surface area contributed by atoms with E-state index in [0.29, 0.717) is 6.54 Å². The van der Waals surface area contributed by atoms with E-state index >= 15 is 0 Å². The highest BCUT2D eigenvalue weighted by molar-refractivity contribution is 5.97. The van der Waals surface area contributed by atoms with Crippen LogP contribution in [0.1, 0.15) is 29.5 Å². The van der Waals surface area contributed by atoms with E-state index in [1.165, 1.54) is 11.1 Å². The van der Waals surface area contributed by atoms with Gasteiger partial charge in [-0.2, -0.15) is 0 Å². The number of likely N-dealkylation sites (tertiary alicyclic amines) is 1. The molecule has 0 radical (unpaired) electrons. The van der Waals surface area contributed by atoms with Crippen LogP contribution in [0.2, 0.25) is 0 Å². The van der Waals surface area contributed by atoms with Crippen LogP contribution in [0.15, 0.2) is 42.5 Å². The number of hydrogen-bond donors (Lipinski definition) is 1. The Hall–Kier alpha value is -2.66. The Kier molecular flexibility index (Phi) is 5.67. The topological polar surface area (TPSA) is 52.7 Å². The molecule has 29 heavy (non-hydrogen) atoms. The highest BCUT2D eigenvalue weighted by Crippen LogP contribution is 2.31. The molecule has 5 nitrogen and oxygen atoms in total. The summed E-state index contributed by atoms with van der Waals surface area (Å²) < 4.78 is 0. The van der Waals surface area contributed by atoms with Crippen molar-refractivity contribution < 1.29 is 9.59 Å². The number of benzene rings is 2. The summed E-state index contributed by atoms with van der Waals surface area (Å²) in [6.45, 7) is 6.79. The Labute approximate surface area is 172 Å².